The molecule has 1 unspecified atom stereocenters. The maximum absolute atomic E-state index is 13.9. The number of rotatable bonds is 6. The van der Waals surface area contributed by atoms with Gasteiger partial charge in [-0.2, -0.15) is 0 Å². The highest BCUT2D eigenvalue weighted by atomic mass is 19.1. The molecule has 0 fully saturated rings. The maximum atomic E-state index is 13.9. The summed E-state index contributed by atoms with van der Waals surface area (Å²) in [5.74, 6) is 0.553. The molecule has 2 N–H and O–H groups in total. The second kappa shape index (κ2) is 9.34. The Kier molecular flexibility index (Phi) is 7.16. The lowest BCUT2D eigenvalue weighted by Gasteiger charge is -2.20. The summed E-state index contributed by atoms with van der Waals surface area (Å²) in [6.07, 6.45) is 0. The molecule has 0 saturated carbocycles. The molecular weight excluding hydrogens is 327 g/mol. The van der Waals surface area contributed by atoms with Crippen LogP contribution < -0.4 is 10.6 Å². The highest BCUT2D eigenvalue weighted by Gasteiger charge is 2.10. The van der Waals surface area contributed by atoms with Gasteiger partial charge in [-0.1, -0.05) is 30.3 Å². The smallest absolute Gasteiger partial charge is 0.191 e. The maximum Gasteiger partial charge on any atom is 0.191 e. The molecule has 2 aromatic carbocycles. The molecular formula is C21H29FN4. The molecule has 0 saturated heterocycles. The van der Waals surface area contributed by atoms with Gasteiger partial charge < -0.3 is 15.5 Å². The van der Waals surface area contributed by atoms with Crippen LogP contribution in [-0.4, -0.2) is 32.0 Å². The van der Waals surface area contributed by atoms with E-state index in [-0.39, 0.29) is 11.9 Å². The summed E-state index contributed by atoms with van der Waals surface area (Å²) in [6.45, 7) is 5.38. The molecule has 140 valence electrons. The van der Waals surface area contributed by atoms with Crippen LogP contribution in [0.4, 0.5) is 4.39 Å². The van der Waals surface area contributed by atoms with Gasteiger partial charge in [0.1, 0.15) is 5.82 Å². The number of aliphatic imine (C=N–C) groups is 1. The monoisotopic (exact) mass is 356 g/mol. The normalized spacial score (nSPS) is 13.0. The molecule has 26 heavy (non-hydrogen) atoms. The van der Waals surface area contributed by atoms with Crippen LogP contribution in [0.1, 0.15) is 35.2 Å². The summed E-state index contributed by atoms with van der Waals surface area (Å²) in [5, 5.41) is 6.72. The number of hydrogen-bond acceptors (Lipinski definition) is 2. The van der Waals surface area contributed by atoms with Crippen LogP contribution in [0.3, 0.4) is 0 Å². The van der Waals surface area contributed by atoms with Crippen molar-refractivity contribution in [1.29, 1.82) is 0 Å². The van der Waals surface area contributed by atoms with E-state index < -0.39 is 0 Å². The number of hydrogen-bond donors (Lipinski definition) is 2. The average Bonchev–Trinajstić information content (AvgIpc) is 2.60. The van der Waals surface area contributed by atoms with Crippen molar-refractivity contribution in [1.82, 2.24) is 15.5 Å². The first kappa shape index (κ1) is 19.9. The molecule has 5 heteroatoms. The summed E-state index contributed by atoms with van der Waals surface area (Å²) < 4.78 is 13.9. The van der Waals surface area contributed by atoms with Gasteiger partial charge in [0, 0.05) is 25.7 Å². The quantitative estimate of drug-likeness (QED) is 0.613. The first-order chi connectivity index (χ1) is 12.4. The lowest BCUT2D eigenvalue weighted by molar-refractivity contribution is 0.392. The first-order valence-electron chi connectivity index (χ1n) is 8.85. The van der Waals surface area contributed by atoms with Crippen molar-refractivity contribution >= 4 is 5.96 Å². The van der Waals surface area contributed by atoms with E-state index >= 15 is 0 Å². The average molecular weight is 356 g/mol. The van der Waals surface area contributed by atoms with Crippen molar-refractivity contribution in [2.24, 2.45) is 4.99 Å². The van der Waals surface area contributed by atoms with E-state index in [0.717, 1.165) is 11.5 Å². The van der Waals surface area contributed by atoms with Crippen LogP contribution in [0.2, 0.25) is 0 Å². The number of nitrogens with zero attached hydrogens (tertiary/aromatic N) is 2. The number of aryl methyl sites for hydroxylation is 1. The molecule has 0 spiro atoms. The highest BCUT2D eigenvalue weighted by molar-refractivity contribution is 5.80. The van der Waals surface area contributed by atoms with E-state index in [1.54, 1.807) is 13.1 Å². The van der Waals surface area contributed by atoms with E-state index in [2.05, 4.69) is 41.6 Å². The van der Waals surface area contributed by atoms with E-state index in [1.165, 1.54) is 17.2 Å². The fraction of sp³-hybridized carbons (Fsp3) is 0.381. The van der Waals surface area contributed by atoms with E-state index in [4.69, 9.17) is 0 Å². The van der Waals surface area contributed by atoms with Crippen molar-refractivity contribution in [3.8, 4) is 0 Å². The summed E-state index contributed by atoms with van der Waals surface area (Å²) in [5.41, 5.74) is 4.21. The van der Waals surface area contributed by atoms with Crippen molar-refractivity contribution < 1.29 is 4.39 Å². The number of guanidine groups is 1. The summed E-state index contributed by atoms with van der Waals surface area (Å²) in [4.78, 5) is 6.26. The van der Waals surface area contributed by atoms with Gasteiger partial charge in [-0.05, 0) is 56.8 Å². The van der Waals surface area contributed by atoms with E-state index in [1.807, 2.05) is 37.2 Å². The fourth-order valence-corrected chi connectivity index (χ4v) is 2.94. The lowest BCUT2D eigenvalue weighted by atomic mass is 10.0. The van der Waals surface area contributed by atoms with Gasteiger partial charge in [0.2, 0.25) is 0 Å². The SMILES string of the molecule is CN=C(NCc1ccc(F)c(CN(C)C)c1)NC(C)c1ccccc1C. The third-order valence-corrected chi connectivity index (χ3v) is 4.29. The Hall–Kier alpha value is -2.40. The second-order valence-electron chi connectivity index (χ2n) is 6.81. The Morgan fingerprint density at radius 3 is 2.58 bits per heavy atom. The molecule has 0 radical (unpaired) electrons. The number of nitrogens with one attached hydrogen (secondary N) is 2. The summed E-state index contributed by atoms with van der Waals surface area (Å²) in [6, 6.07) is 13.7. The zero-order valence-electron chi connectivity index (χ0n) is 16.3. The van der Waals surface area contributed by atoms with Crippen molar-refractivity contribution in [2.45, 2.75) is 33.0 Å². The van der Waals surface area contributed by atoms with Crippen molar-refractivity contribution in [3.63, 3.8) is 0 Å². The first-order valence-corrected chi connectivity index (χ1v) is 8.85. The van der Waals surface area contributed by atoms with Gasteiger partial charge >= 0.3 is 0 Å². The molecule has 0 aliphatic rings. The largest absolute Gasteiger partial charge is 0.352 e. The van der Waals surface area contributed by atoms with E-state index in [0.29, 0.717) is 18.7 Å². The summed E-state index contributed by atoms with van der Waals surface area (Å²) >= 11 is 0. The molecule has 0 amide bonds. The third kappa shape index (κ3) is 5.56. The van der Waals surface area contributed by atoms with Crippen LogP contribution in [0, 0.1) is 12.7 Å². The van der Waals surface area contributed by atoms with Crippen LogP contribution in [-0.2, 0) is 13.1 Å². The van der Waals surface area contributed by atoms with Crippen LogP contribution in [0.5, 0.6) is 0 Å². The molecule has 2 aromatic rings. The number of benzene rings is 2. The predicted octanol–water partition coefficient (Wildman–Crippen LogP) is 3.62. The van der Waals surface area contributed by atoms with Crippen molar-refractivity contribution in [2.75, 3.05) is 21.1 Å². The fourth-order valence-electron chi connectivity index (χ4n) is 2.94. The molecule has 0 aromatic heterocycles. The number of halogens is 1. The summed E-state index contributed by atoms with van der Waals surface area (Å²) in [7, 11) is 5.62. The zero-order chi connectivity index (χ0) is 19.1. The standard InChI is InChI=1S/C21H29FN4/c1-15-8-6-7-9-19(15)16(2)25-21(23-3)24-13-17-10-11-20(22)18(12-17)14-26(4)5/h6-12,16H,13-14H2,1-5H3,(H2,23,24,25). The topological polar surface area (TPSA) is 39.7 Å². The van der Waals surface area contributed by atoms with Gasteiger partial charge in [0.05, 0.1) is 6.04 Å². The zero-order valence-corrected chi connectivity index (χ0v) is 16.3. The van der Waals surface area contributed by atoms with Gasteiger partial charge in [-0.15, -0.1) is 0 Å². The van der Waals surface area contributed by atoms with Crippen LogP contribution >= 0.6 is 0 Å². The molecule has 4 nitrogen and oxygen atoms in total. The molecule has 2 rings (SSSR count). The highest BCUT2D eigenvalue weighted by Crippen LogP contribution is 2.16. The van der Waals surface area contributed by atoms with Gasteiger partial charge in [-0.3, -0.25) is 4.99 Å². The molecule has 0 aliphatic heterocycles. The van der Waals surface area contributed by atoms with Gasteiger partial charge in [0.15, 0.2) is 5.96 Å². The predicted molar refractivity (Wildman–Crippen MR) is 107 cm³/mol. The van der Waals surface area contributed by atoms with Crippen molar-refractivity contribution in [3.05, 3.63) is 70.5 Å². The Labute approximate surface area is 156 Å². The third-order valence-electron chi connectivity index (χ3n) is 4.29. The van der Waals surface area contributed by atoms with Gasteiger partial charge in [-0.25, -0.2) is 4.39 Å². The van der Waals surface area contributed by atoms with Crippen LogP contribution in [0.25, 0.3) is 0 Å². The Bertz CT molecular complexity index is 755. The minimum absolute atomic E-state index is 0.139. The van der Waals surface area contributed by atoms with Crippen LogP contribution in [0.15, 0.2) is 47.5 Å². The molecule has 0 bridgehead atoms. The molecule has 0 aliphatic carbocycles. The molecule has 1 atom stereocenters. The Balaban J connectivity index is 2.00. The lowest BCUT2D eigenvalue weighted by Crippen LogP contribution is -2.38. The second-order valence-corrected chi connectivity index (χ2v) is 6.81. The Morgan fingerprint density at radius 2 is 1.92 bits per heavy atom. The van der Waals surface area contributed by atoms with Gasteiger partial charge in [0.25, 0.3) is 0 Å². The Morgan fingerprint density at radius 1 is 1.19 bits per heavy atom. The van der Waals surface area contributed by atoms with E-state index in [9.17, 15) is 4.39 Å². The molecule has 0 heterocycles. The minimum atomic E-state index is -0.168. The minimum Gasteiger partial charge on any atom is -0.352 e.